The normalized spacial score (nSPS) is 45.2. The van der Waals surface area contributed by atoms with Crippen LogP contribution in [0.2, 0.25) is 0 Å². The molecule has 0 radical (unpaired) electrons. The molecule has 2 fully saturated rings. The monoisotopic (exact) mass is 240 g/mol. The second-order valence-corrected chi connectivity index (χ2v) is 6.39. The summed E-state index contributed by atoms with van der Waals surface area (Å²) >= 11 is 0. The minimum absolute atomic E-state index is 0.421. The predicted octanol–water partition coefficient (Wildman–Crippen LogP) is 3.68. The van der Waals surface area contributed by atoms with E-state index in [1.807, 2.05) is 0 Å². The summed E-state index contributed by atoms with van der Waals surface area (Å²) in [6, 6.07) is 0. The van der Waals surface area contributed by atoms with Gasteiger partial charge >= 0.3 is 0 Å². The van der Waals surface area contributed by atoms with Crippen molar-refractivity contribution in [3.05, 3.63) is 36.0 Å². The maximum absolute atomic E-state index is 11.9. The van der Waals surface area contributed by atoms with Crippen LogP contribution in [0, 0.1) is 29.6 Å². The van der Waals surface area contributed by atoms with Crippen molar-refractivity contribution >= 4 is 5.78 Å². The van der Waals surface area contributed by atoms with Crippen LogP contribution in [0.25, 0.3) is 0 Å². The standard InChI is InChI=1S/C17H20O/c18-17-10-9-15-14-6-5-11-3-1-2-4-12(11)13(14)7-8-16(15)17/h1-5,12-16H,6-10H2/t12-,13+,14+,15-,16-/m0/s1. The number of ketones is 1. The molecule has 0 aliphatic heterocycles. The van der Waals surface area contributed by atoms with E-state index in [1.165, 1.54) is 24.8 Å². The Labute approximate surface area is 109 Å². The van der Waals surface area contributed by atoms with Gasteiger partial charge in [-0.15, -0.1) is 0 Å². The van der Waals surface area contributed by atoms with Crippen LogP contribution in [0.3, 0.4) is 0 Å². The third-order valence-electron chi connectivity index (χ3n) is 5.76. The highest BCUT2D eigenvalue weighted by atomic mass is 16.1. The van der Waals surface area contributed by atoms with Crippen LogP contribution in [0.1, 0.15) is 32.1 Å². The van der Waals surface area contributed by atoms with Gasteiger partial charge in [0.05, 0.1) is 0 Å². The average Bonchev–Trinajstić information content (AvgIpc) is 2.80. The summed E-state index contributed by atoms with van der Waals surface area (Å²) < 4.78 is 0. The molecule has 0 saturated heterocycles. The van der Waals surface area contributed by atoms with Crippen LogP contribution in [0.4, 0.5) is 0 Å². The maximum Gasteiger partial charge on any atom is 0.136 e. The van der Waals surface area contributed by atoms with Crippen molar-refractivity contribution in [1.82, 2.24) is 0 Å². The Morgan fingerprint density at radius 2 is 1.94 bits per heavy atom. The first-order valence-corrected chi connectivity index (χ1v) is 7.42. The van der Waals surface area contributed by atoms with Gasteiger partial charge in [-0.05, 0) is 49.0 Å². The number of hydrogen-bond donors (Lipinski definition) is 0. The maximum atomic E-state index is 11.9. The molecule has 2 saturated carbocycles. The predicted molar refractivity (Wildman–Crippen MR) is 71.9 cm³/mol. The molecule has 0 aromatic rings. The third kappa shape index (κ3) is 1.43. The lowest BCUT2D eigenvalue weighted by atomic mass is 9.58. The second kappa shape index (κ2) is 3.94. The van der Waals surface area contributed by atoms with Gasteiger partial charge in [0.25, 0.3) is 0 Å². The molecule has 5 atom stereocenters. The van der Waals surface area contributed by atoms with Gasteiger partial charge < -0.3 is 0 Å². The Balaban J connectivity index is 1.67. The molecule has 4 aliphatic rings. The Bertz CT molecular complexity index is 468. The smallest absolute Gasteiger partial charge is 0.136 e. The van der Waals surface area contributed by atoms with Gasteiger partial charge in [-0.3, -0.25) is 4.79 Å². The zero-order chi connectivity index (χ0) is 12.1. The van der Waals surface area contributed by atoms with Gasteiger partial charge in [0.15, 0.2) is 0 Å². The SMILES string of the molecule is O=C1CC[C@H]2[C@@H]3CC=C4C=CC=C[C@@H]4[C@H]3CC[C@H]12. The van der Waals surface area contributed by atoms with Gasteiger partial charge in [-0.2, -0.15) is 0 Å². The van der Waals surface area contributed by atoms with Crippen molar-refractivity contribution in [2.75, 3.05) is 0 Å². The van der Waals surface area contributed by atoms with E-state index in [0.29, 0.717) is 23.5 Å². The lowest BCUT2D eigenvalue weighted by molar-refractivity contribution is -0.123. The number of Topliss-reactive ketones (excluding diaryl/α,β-unsaturated/α-hetero) is 1. The van der Waals surface area contributed by atoms with Crippen molar-refractivity contribution < 1.29 is 4.79 Å². The number of hydrogen-bond acceptors (Lipinski definition) is 1. The summed E-state index contributed by atoms with van der Waals surface area (Å²) in [7, 11) is 0. The molecule has 0 aromatic heterocycles. The quantitative estimate of drug-likeness (QED) is 0.631. The fraction of sp³-hybridized carbons (Fsp3) is 0.588. The lowest BCUT2D eigenvalue weighted by Gasteiger charge is -2.45. The van der Waals surface area contributed by atoms with Crippen molar-refractivity contribution in [3.8, 4) is 0 Å². The number of carbonyl (C=O) groups is 1. The fourth-order valence-electron chi connectivity index (χ4n) is 4.96. The molecule has 0 bridgehead atoms. The summed E-state index contributed by atoms with van der Waals surface area (Å²) in [5.41, 5.74) is 1.53. The van der Waals surface area contributed by atoms with Crippen LogP contribution in [-0.4, -0.2) is 5.78 Å². The van der Waals surface area contributed by atoms with E-state index in [1.54, 1.807) is 0 Å². The Morgan fingerprint density at radius 1 is 1.00 bits per heavy atom. The fourth-order valence-corrected chi connectivity index (χ4v) is 4.96. The number of fused-ring (bicyclic) bond motifs is 5. The number of rotatable bonds is 0. The molecule has 0 spiro atoms. The molecule has 4 rings (SSSR count). The summed E-state index contributed by atoms with van der Waals surface area (Å²) in [6.45, 7) is 0. The molecule has 0 aromatic carbocycles. The molecule has 0 N–H and O–H groups in total. The van der Waals surface area contributed by atoms with E-state index in [9.17, 15) is 4.79 Å². The van der Waals surface area contributed by atoms with Gasteiger partial charge in [0, 0.05) is 18.3 Å². The molecule has 0 amide bonds. The summed E-state index contributed by atoms with van der Waals surface area (Å²) in [4.78, 5) is 11.9. The van der Waals surface area contributed by atoms with Crippen molar-refractivity contribution in [2.24, 2.45) is 29.6 Å². The molecule has 0 heterocycles. The molecule has 1 heteroatoms. The molecule has 94 valence electrons. The van der Waals surface area contributed by atoms with Crippen molar-refractivity contribution in [2.45, 2.75) is 32.1 Å². The molecular weight excluding hydrogens is 220 g/mol. The Hall–Kier alpha value is -1.11. The van der Waals surface area contributed by atoms with E-state index in [4.69, 9.17) is 0 Å². The highest BCUT2D eigenvalue weighted by molar-refractivity contribution is 5.83. The first-order chi connectivity index (χ1) is 8.84. The van der Waals surface area contributed by atoms with Crippen LogP contribution >= 0.6 is 0 Å². The molecule has 0 unspecified atom stereocenters. The zero-order valence-electron chi connectivity index (χ0n) is 10.7. The average molecular weight is 240 g/mol. The summed E-state index contributed by atoms with van der Waals surface area (Å²) in [6.07, 6.45) is 17.1. The molecule has 1 nitrogen and oxygen atoms in total. The molecule has 4 aliphatic carbocycles. The summed E-state index contributed by atoms with van der Waals surface area (Å²) in [5, 5.41) is 0. The Morgan fingerprint density at radius 3 is 2.89 bits per heavy atom. The highest BCUT2D eigenvalue weighted by Crippen LogP contribution is 2.53. The van der Waals surface area contributed by atoms with E-state index < -0.39 is 0 Å². The number of carbonyl (C=O) groups excluding carboxylic acids is 1. The van der Waals surface area contributed by atoms with Crippen LogP contribution in [-0.2, 0) is 4.79 Å². The molecule has 18 heavy (non-hydrogen) atoms. The van der Waals surface area contributed by atoms with E-state index in [-0.39, 0.29) is 0 Å². The van der Waals surface area contributed by atoms with Gasteiger partial charge in [-0.1, -0.05) is 30.4 Å². The Kier molecular flexibility index (Phi) is 2.36. The van der Waals surface area contributed by atoms with E-state index >= 15 is 0 Å². The van der Waals surface area contributed by atoms with E-state index in [0.717, 1.165) is 24.7 Å². The van der Waals surface area contributed by atoms with Gasteiger partial charge in [0.2, 0.25) is 0 Å². The van der Waals surface area contributed by atoms with Gasteiger partial charge in [0.1, 0.15) is 5.78 Å². The van der Waals surface area contributed by atoms with Crippen molar-refractivity contribution in [3.63, 3.8) is 0 Å². The largest absolute Gasteiger partial charge is 0.299 e. The van der Waals surface area contributed by atoms with Crippen molar-refractivity contribution in [1.29, 1.82) is 0 Å². The van der Waals surface area contributed by atoms with Crippen LogP contribution < -0.4 is 0 Å². The first kappa shape index (κ1) is 10.8. The highest BCUT2D eigenvalue weighted by Gasteiger charge is 2.48. The first-order valence-electron chi connectivity index (χ1n) is 7.42. The minimum atomic E-state index is 0.421. The van der Waals surface area contributed by atoms with Crippen LogP contribution in [0.5, 0.6) is 0 Å². The minimum Gasteiger partial charge on any atom is -0.299 e. The zero-order valence-corrected chi connectivity index (χ0v) is 10.7. The lowest BCUT2D eigenvalue weighted by Crippen LogP contribution is -2.39. The third-order valence-corrected chi connectivity index (χ3v) is 5.76. The van der Waals surface area contributed by atoms with Crippen LogP contribution in [0.15, 0.2) is 36.0 Å². The van der Waals surface area contributed by atoms with Gasteiger partial charge in [-0.25, -0.2) is 0 Å². The summed E-state index contributed by atoms with van der Waals surface area (Å²) in [5.74, 6) is 3.91. The molecular formula is C17H20O. The topological polar surface area (TPSA) is 17.1 Å². The van der Waals surface area contributed by atoms with E-state index in [2.05, 4.69) is 30.4 Å². The number of allylic oxidation sites excluding steroid dienone is 6. The second-order valence-electron chi connectivity index (χ2n) is 6.39.